The van der Waals surface area contributed by atoms with Crippen molar-refractivity contribution in [2.45, 2.75) is 18.9 Å². The quantitative estimate of drug-likeness (QED) is 0.809. The van der Waals surface area contributed by atoms with Gasteiger partial charge < -0.3 is 9.80 Å². The van der Waals surface area contributed by atoms with E-state index in [1.807, 2.05) is 13.1 Å². The van der Waals surface area contributed by atoms with Gasteiger partial charge in [-0.15, -0.1) is 0 Å². The molecular formula is C14H18N4O. The highest BCUT2D eigenvalue weighted by Gasteiger charge is 2.27. The predicted molar refractivity (Wildman–Crippen MR) is 71.5 cm³/mol. The summed E-state index contributed by atoms with van der Waals surface area (Å²) in [6, 6.07) is 5.73. The molecule has 5 heteroatoms. The molecule has 0 aliphatic carbocycles. The van der Waals surface area contributed by atoms with Crippen LogP contribution in [0.1, 0.15) is 22.5 Å². The van der Waals surface area contributed by atoms with Gasteiger partial charge in [-0.2, -0.15) is 5.26 Å². The van der Waals surface area contributed by atoms with Crippen LogP contribution in [0.15, 0.2) is 18.3 Å². The van der Waals surface area contributed by atoms with E-state index >= 15 is 0 Å². The van der Waals surface area contributed by atoms with Gasteiger partial charge in [-0.1, -0.05) is 0 Å². The van der Waals surface area contributed by atoms with Crippen LogP contribution in [-0.2, 0) is 6.42 Å². The molecule has 0 N–H and O–H groups in total. The normalized spacial score (nSPS) is 19.1. The second-order valence-electron chi connectivity index (χ2n) is 4.99. The number of nitrogens with zero attached hydrogens (tertiary/aromatic N) is 4. The summed E-state index contributed by atoms with van der Waals surface area (Å²) in [4.78, 5) is 20.5. The minimum atomic E-state index is 0.00175. The summed E-state index contributed by atoms with van der Waals surface area (Å²) in [6.07, 6.45) is 2.83. The zero-order valence-corrected chi connectivity index (χ0v) is 11.3. The van der Waals surface area contributed by atoms with Crippen LogP contribution in [0.2, 0.25) is 0 Å². The standard InChI is InChI=1S/C14H18N4O/c1-17-8-5-13(10-17)18(2)14(19)11-4-7-16-12(9-11)3-6-15/h4,7,9,13H,3,5,8,10H2,1-2H3. The second-order valence-corrected chi connectivity index (χ2v) is 4.99. The fourth-order valence-corrected chi connectivity index (χ4v) is 2.39. The summed E-state index contributed by atoms with van der Waals surface area (Å²) in [5.41, 5.74) is 1.25. The topological polar surface area (TPSA) is 60.2 Å². The number of hydrogen-bond donors (Lipinski definition) is 0. The van der Waals surface area contributed by atoms with Gasteiger partial charge in [0, 0.05) is 31.4 Å². The van der Waals surface area contributed by atoms with Gasteiger partial charge in [0.2, 0.25) is 0 Å². The molecule has 1 aliphatic heterocycles. The summed E-state index contributed by atoms with van der Waals surface area (Å²) in [5, 5.41) is 8.67. The highest BCUT2D eigenvalue weighted by atomic mass is 16.2. The third-order valence-electron chi connectivity index (χ3n) is 3.56. The zero-order valence-electron chi connectivity index (χ0n) is 11.3. The van der Waals surface area contributed by atoms with Gasteiger partial charge in [0.05, 0.1) is 18.2 Å². The minimum Gasteiger partial charge on any atom is -0.337 e. The lowest BCUT2D eigenvalue weighted by atomic mass is 10.1. The molecule has 1 atom stereocenters. The molecule has 5 nitrogen and oxygen atoms in total. The summed E-state index contributed by atoms with van der Waals surface area (Å²) >= 11 is 0. The van der Waals surface area contributed by atoms with E-state index < -0.39 is 0 Å². The number of amides is 1. The Hall–Kier alpha value is -1.93. The number of pyridine rings is 1. The molecule has 1 aliphatic rings. The lowest BCUT2D eigenvalue weighted by Gasteiger charge is -2.24. The van der Waals surface area contributed by atoms with Gasteiger partial charge in [-0.05, 0) is 32.1 Å². The zero-order chi connectivity index (χ0) is 13.8. The molecule has 1 fully saturated rings. The Morgan fingerprint density at radius 3 is 3.11 bits per heavy atom. The molecule has 0 spiro atoms. The predicted octanol–water partition coefficient (Wildman–Crippen LogP) is 0.924. The summed E-state index contributed by atoms with van der Waals surface area (Å²) in [6.45, 7) is 1.94. The number of likely N-dealkylation sites (tertiary alicyclic amines) is 1. The van der Waals surface area contributed by atoms with Gasteiger partial charge in [0.15, 0.2) is 0 Å². The van der Waals surface area contributed by atoms with Crippen LogP contribution in [-0.4, -0.2) is 53.9 Å². The molecule has 100 valence electrons. The fourth-order valence-electron chi connectivity index (χ4n) is 2.39. The Morgan fingerprint density at radius 2 is 2.47 bits per heavy atom. The number of nitriles is 1. The maximum Gasteiger partial charge on any atom is 0.254 e. The Balaban J connectivity index is 2.10. The summed E-state index contributed by atoms with van der Waals surface area (Å²) in [7, 11) is 3.91. The molecule has 2 rings (SSSR count). The summed E-state index contributed by atoms with van der Waals surface area (Å²) in [5.74, 6) is 0.00175. The number of carbonyl (C=O) groups is 1. The molecule has 0 aromatic carbocycles. The molecule has 0 radical (unpaired) electrons. The van der Waals surface area contributed by atoms with Crippen molar-refractivity contribution in [1.82, 2.24) is 14.8 Å². The second kappa shape index (κ2) is 5.81. The Labute approximate surface area is 113 Å². The lowest BCUT2D eigenvalue weighted by Crippen LogP contribution is -2.38. The van der Waals surface area contributed by atoms with E-state index in [1.165, 1.54) is 0 Å². The molecule has 19 heavy (non-hydrogen) atoms. The minimum absolute atomic E-state index is 0.00175. The number of aromatic nitrogens is 1. The van der Waals surface area contributed by atoms with Crippen molar-refractivity contribution in [3.63, 3.8) is 0 Å². The smallest absolute Gasteiger partial charge is 0.254 e. The van der Waals surface area contributed by atoms with Crippen LogP contribution in [0.25, 0.3) is 0 Å². The van der Waals surface area contributed by atoms with Crippen LogP contribution in [0, 0.1) is 11.3 Å². The Kier molecular flexibility index (Phi) is 4.13. The highest BCUT2D eigenvalue weighted by Crippen LogP contribution is 2.15. The molecule has 1 saturated heterocycles. The van der Waals surface area contributed by atoms with Crippen molar-refractivity contribution in [1.29, 1.82) is 5.26 Å². The third kappa shape index (κ3) is 3.09. The maximum atomic E-state index is 12.4. The lowest BCUT2D eigenvalue weighted by molar-refractivity contribution is 0.0737. The van der Waals surface area contributed by atoms with Crippen LogP contribution >= 0.6 is 0 Å². The van der Waals surface area contributed by atoms with Crippen molar-refractivity contribution in [3.05, 3.63) is 29.6 Å². The molecule has 0 saturated carbocycles. The van der Waals surface area contributed by atoms with E-state index in [4.69, 9.17) is 5.26 Å². The molecule has 1 amide bonds. The largest absolute Gasteiger partial charge is 0.337 e. The van der Waals surface area contributed by atoms with E-state index in [0.717, 1.165) is 19.5 Å². The van der Waals surface area contributed by atoms with Crippen LogP contribution in [0.3, 0.4) is 0 Å². The number of hydrogen-bond acceptors (Lipinski definition) is 4. The first-order valence-electron chi connectivity index (χ1n) is 6.39. The van der Waals surface area contributed by atoms with Gasteiger partial charge in [-0.3, -0.25) is 9.78 Å². The van der Waals surface area contributed by atoms with Crippen molar-refractivity contribution in [2.75, 3.05) is 27.2 Å². The van der Waals surface area contributed by atoms with E-state index in [-0.39, 0.29) is 18.4 Å². The van der Waals surface area contributed by atoms with Gasteiger partial charge in [0.25, 0.3) is 5.91 Å². The van der Waals surface area contributed by atoms with E-state index in [0.29, 0.717) is 11.3 Å². The Morgan fingerprint density at radius 1 is 1.68 bits per heavy atom. The fraction of sp³-hybridized carbons (Fsp3) is 0.500. The van der Waals surface area contributed by atoms with Crippen molar-refractivity contribution in [2.24, 2.45) is 0 Å². The van der Waals surface area contributed by atoms with Gasteiger partial charge >= 0.3 is 0 Å². The molecule has 1 unspecified atom stereocenters. The maximum absolute atomic E-state index is 12.4. The van der Waals surface area contributed by atoms with Gasteiger partial charge in [-0.25, -0.2) is 0 Å². The SMILES string of the molecule is CN1CCC(N(C)C(=O)c2ccnc(CC#N)c2)C1. The first-order chi connectivity index (χ1) is 9.11. The summed E-state index contributed by atoms with van der Waals surface area (Å²) < 4.78 is 0. The number of likely N-dealkylation sites (N-methyl/N-ethyl adjacent to an activating group) is 2. The Bertz CT molecular complexity index is 508. The average molecular weight is 258 g/mol. The van der Waals surface area contributed by atoms with Gasteiger partial charge in [0.1, 0.15) is 0 Å². The van der Waals surface area contributed by atoms with E-state index in [2.05, 4.69) is 16.9 Å². The highest BCUT2D eigenvalue weighted by molar-refractivity contribution is 5.94. The number of carbonyl (C=O) groups excluding carboxylic acids is 1. The average Bonchev–Trinajstić information content (AvgIpc) is 2.84. The number of rotatable bonds is 3. The van der Waals surface area contributed by atoms with Crippen molar-refractivity contribution < 1.29 is 4.79 Å². The third-order valence-corrected chi connectivity index (χ3v) is 3.56. The van der Waals surface area contributed by atoms with Crippen LogP contribution < -0.4 is 0 Å². The molecule has 2 heterocycles. The van der Waals surface area contributed by atoms with E-state index in [9.17, 15) is 4.79 Å². The van der Waals surface area contributed by atoms with Crippen LogP contribution in [0.5, 0.6) is 0 Å². The van der Waals surface area contributed by atoms with Crippen LogP contribution in [0.4, 0.5) is 0 Å². The molecule has 1 aromatic heterocycles. The van der Waals surface area contributed by atoms with E-state index in [1.54, 1.807) is 23.2 Å². The van der Waals surface area contributed by atoms with Crippen molar-refractivity contribution in [3.8, 4) is 6.07 Å². The first kappa shape index (κ1) is 13.5. The first-order valence-corrected chi connectivity index (χ1v) is 6.39. The molecular weight excluding hydrogens is 240 g/mol. The molecule has 0 bridgehead atoms. The monoisotopic (exact) mass is 258 g/mol. The van der Waals surface area contributed by atoms with Crippen molar-refractivity contribution >= 4 is 5.91 Å². The molecule has 1 aromatic rings.